The second kappa shape index (κ2) is 3.86. The smallest absolute Gasteiger partial charge is 0.139 e. The van der Waals surface area contributed by atoms with Crippen LogP contribution in [0, 0.1) is 13.8 Å². The summed E-state index contributed by atoms with van der Waals surface area (Å²) < 4.78 is 6.17. The Kier molecular flexibility index (Phi) is 2.50. The lowest BCUT2D eigenvalue weighted by atomic mass is 9.83. The van der Waals surface area contributed by atoms with Gasteiger partial charge in [-0.15, -0.1) is 0 Å². The average molecular weight is 252 g/mol. The quantitative estimate of drug-likeness (QED) is 0.515. The van der Waals surface area contributed by atoms with Gasteiger partial charge in [0.25, 0.3) is 0 Å². The number of benzene rings is 2. The number of furan rings is 1. The van der Waals surface area contributed by atoms with E-state index in [0.29, 0.717) is 0 Å². The molecule has 0 aliphatic carbocycles. The molecule has 0 bridgehead atoms. The Bertz CT molecular complexity index is 770. The van der Waals surface area contributed by atoms with Crippen LogP contribution in [-0.2, 0) is 5.41 Å². The van der Waals surface area contributed by atoms with Crippen LogP contribution in [0.5, 0.6) is 0 Å². The van der Waals surface area contributed by atoms with E-state index in [1.54, 1.807) is 0 Å². The minimum atomic E-state index is 0.0887. The lowest BCUT2D eigenvalue weighted by molar-refractivity contribution is 0.569. The molecule has 0 aliphatic rings. The van der Waals surface area contributed by atoms with Gasteiger partial charge in [-0.3, -0.25) is 0 Å². The van der Waals surface area contributed by atoms with Crippen molar-refractivity contribution in [1.82, 2.24) is 0 Å². The lowest BCUT2D eigenvalue weighted by Gasteiger charge is -2.21. The molecule has 19 heavy (non-hydrogen) atoms. The molecule has 0 fully saturated rings. The summed E-state index contributed by atoms with van der Waals surface area (Å²) in [6.45, 7) is 11.0. The Hall–Kier alpha value is -1.76. The minimum absolute atomic E-state index is 0.0887. The van der Waals surface area contributed by atoms with Crippen LogP contribution < -0.4 is 0 Å². The first-order valence-electron chi connectivity index (χ1n) is 6.81. The van der Waals surface area contributed by atoms with Crippen LogP contribution in [0.15, 0.2) is 34.7 Å². The van der Waals surface area contributed by atoms with Gasteiger partial charge in [0.05, 0.1) is 0 Å². The van der Waals surface area contributed by atoms with E-state index in [1.165, 1.54) is 27.5 Å². The second-order valence-corrected chi connectivity index (χ2v) is 6.43. The van der Waals surface area contributed by atoms with Crippen molar-refractivity contribution in [2.45, 2.75) is 40.0 Å². The fraction of sp³-hybridized carbons (Fsp3) is 0.333. The molecular formula is C18H20O. The molecule has 0 aliphatic heterocycles. The predicted octanol–water partition coefficient (Wildman–Crippen LogP) is 5.50. The van der Waals surface area contributed by atoms with Crippen LogP contribution in [0.2, 0.25) is 0 Å². The van der Waals surface area contributed by atoms with Crippen LogP contribution in [0.1, 0.15) is 37.5 Å². The summed E-state index contributed by atoms with van der Waals surface area (Å²) in [7, 11) is 0. The molecule has 0 spiro atoms. The van der Waals surface area contributed by atoms with Gasteiger partial charge >= 0.3 is 0 Å². The SMILES string of the molecule is Cc1ccc2c(oc3cccc(C)c32)c1C(C)(C)C. The Balaban J connectivity index is 2.55. The van der Waals surface area contributed by atoms with Crippen LogP contribution in [-0.4, -0.2) is 0 Å². The molecule has 0 unspecified atom stereocenters. The van der Waals surface area contributed by atoms with Crippen LogP contribution >= 0.6 is 0 Å². The van der Waals surface area contributed by atoms with Gasteiger partial charge in [0.1, 0.15) is 11.2 Å². The first kappa shape index (κ1) is 12.3. The Morgan fingerprint density at radius 3 is 2.32 bits per heavy atom. The van der Waals surface area contributed by atoms with E-state index in [9.17, 15) is 0 Å². The molecule has 1 aromatic heterocycles. The third kappa shape index (κ3) is 1.76. The Morgan fingerprint density at radius 1 is 0.895 bits per heavy atom. The number of aryl methyl sites for hydroxylation is 2. The lowest BCUT2D eigenvalue weighted by Crippen LogP contribution is -2.13. The zero-order chi connectivity index (χ0) is 13.8. The molecule has 0 radical (unpaired) electrons. The van der Waals surface area contributed by atoms with Gasteiger partial charge in [-0.1, -0.05) is 45.0 Å². The average Bonchev–Trinajstić information content (AvgIpc) is 2.65. The fourth-order valence-electron chi connectivity index (χ4n) is 3.10. The highest BCUT2D eigenvalue weighted by Crippen LogP contribution is 2.38. The number of fused-ring (bicyclic) bond motifs is 3. The highest BCUT2D eigenvalue weighted by molar-refractivity contribution is 6.08. The fourth-order valence-corrected chi connectivity index (χ4v) is 3.10. The van der Waals surface area contributed by atoms with Crippen molar-refractivity contribution in [3.63, 3.8) is 0 Å². The third-order valence-corrected chi connectivity index (χ3v) is 3.83. The predicted molar refractivity (Wildman–Crippen MR) is 81.9 cm³/mol. The molecular weight excluding hydrogens is 232 g/mol. The first-order valence-corrected chi connectivity index (χ1v) is 6.81. The van der Waals surface area contributed by atoms with Crippen molar-refractivity contribution in [3.8, 4) is 0 Å². The van der Waals surface area contributed by atoms with E-state index in [0.717, 1.165) is 11.2 Å². The van der Waals surface area contributed by atoms with Gasteiger partial charge in [-0.05, 0) is 36.5 Å². The van der Waals surface area contributed by atoms with E-state index in [-0.39, 0.29) is 5.41 Å². The van der Waals surface area contributed by atoms with Gasteiger partial charge in [0.2, 0.25) is 0 Å². The molecule has 98 valence electrons. The number of rotatable bonds is 0. The van der Waals surface area contributed by atoms with Gasteiger partial charge < -0.3 is 4.42 Å². The summed E-state index contributed by atoms with van der Waals surface area (Å²) >= 11 is 0. The van der Waals surface area contributed by atoms with E-state index < -0.39 is 0 Å². The van der Waals surface area contributed by atoms with E-state index in [2.05, 4.69) is 65.0 Å². The van der Waals surface area contributed by atoms with Crippen molar-refractivity contribution in [1.29, 1.82) is 0 Å². The summed E-state index contributed by atoms with van der Waals surface area (Å²) in [5, 5.41) is 2.49. The summed E-state index contributed by atoms with van der Waals surface area (Å²) in [5.74, 6) is 0. The molecule has 1 nitrogen and oxygen atoms in total. The number of hydrogen-bond acceptors (Lipinski definition) is 1. The summed E-state index contributed by atoms with van der Waals surface area (Å²) in [4.78, 5) is 0. The first-order chi connectivity index (χ1) is 8.89. The topological polar surface area (TPSA) is 13.1 Å². The molecule has 0 saturated heterocycles. The summed E-state index contributed by atoms with van der Waals surface area (Å²) in [5.41, 5.74) is 6.03. The van der Waals surface area contributed by atoms with Gasteiger partial charge in [0, 0.05) is 16.3 Å². The van der Waals surface area contributed by atoms with Crippen LogP contribution in [0.3, 0.4) is 0 Å². The zero-order valence-electron chi connectivity index (χ0n) is 12.3. The minimum Gasteiger partial charge on any atom is -0.456 e. The van der Waals surface area contributed by atoms with Crippen molar-refractivity contribution >= 4 is 21.9 Å². The van der Waals surface area contributed by atoms with Gasteiger partial charge in [-0.2, -0.15) is 0 Å². The molecule has 0 atom stereocenters. The molecule has 3 rings (SSSR count). The molecule has 2 aromatic carbocycles. The zero-order valence-corrected chi connectivity index (χ0v) is 12.3. The molecule has 3 aromatic rings. The number of hydrogen-bond donors (Lipinski definition) is 0. The standard InChI is InChI=1S/C18H20O/c1-11-7-6-8-14-15(11)13-10-9-12(2)16(17(13)19-14)18(3,4)5/h6-10H,1-5H3. The van der Waals surface area contributed by atoms with Gasteiger partial charge in [0.15, 0.2) is 0 Å². The molecule has 0 saturated carbocycles. The van der Waals surface area contributed by atoms with Crippen molar-refractivity contribution in [2.75, 3.05) is 0 Å². The van der Waals surface area contributed by atoms with Crippen molar-refractivity contribution in [3.05, 3.63) is 47.0 Å². The van der Waals surface area contributed by atoms with E-state index in [1.807, 2.05) is 0 Å². The van der Waals surface area contributed by atoms with Crippen molar-refractivity contribution in [2.24, 2.45) is 0 Å². The maximum absolute atomic E-state index is 6.17. The summed E-state index contributed by atoms with van der Waals surface area (Å²) in [6, 6.07) is 10.7. The van der Waals surface area contributed by atoms with Crippen LogP contribution in [0.25, 0.3) is 21.9 Å². The van der Waals surface area contributed by atoms with E-state index >= 15 is 0 Å². The largest absolute Gasteiger partial charge is 0.456 e. The maximum atomic E-state index is 6.17. The summed E-state index contributed by atoms with van der Waals surface area (Å²) in [6.07, 6.45) is 0. The Morgan fingerprint density at radius 2 is 1.63 bits per heavy atom. The normalized spacial score (nSPS) is 12.5. The van der Waals surface area contributed by atoms with Crippen molar-refractivity contribution < 1.29 is 4.42 Å². The molecule has 0 N–H and O–H groups in total. The monoisotopic (exact) mass is 252 g/mol. The maximum Gasteiger partial charge on any atom is 0.139 e. The second-order valence-electron chi connectivity index (χ2n) is 6.43. The molecule has 0 amide bonds. The highest BCUT2D eigenvalue weighted by Gasteiger charge is 2.23. The van der Waals surface area contributed by atoms with Crippen LogP contribution in [0.4, 0.5) is 0 Å². The highest BCUT2D eigenvalue weighted by atomic mass is 16.3. The third-order valence-electron chi connectivity index (χ3n) is 3.83. The Labute approximate surface area is 114 Å². The molecule has 1 heteroatoms. The van der Waals surface area contributed by atoms with Gasteiger partial charge in [-0.25, -0.2) is 0 Å². The van der Waals surface area contributed by atoms with E-state index in [4.69, 9.17) is 4.42 Å². The molecule has 1 heterocycles.